The van der Waals surface area contributed by atoms with E-state index >= 15 is 0 Å². The van der Waals surface area contributed by atoms with Crippen molar-refractivity contribution in [1.82, 2.24) is 15.5 Å². The van der Waals surface area contributed by atoms with Gasteiger partial charge in [0, 0.05) is 31.6 Å². The molecule has 1 aliphatic rings. The SMILES string of the molecule is CCNC(=NCCNC(=O)C(C)(C)C)N1CCc2ccccc2C1. The zero-order chi connectivity index (χ0) is 17.6. The standard InChI is InChI=1S/C19H30N4O/c1-5-20-18(22-12-11-21-17(24)19(2,3)4)23-13-10-15-8-6-7-9-16(15)14-23/h6-9H,5,10-14H2,1-4H3,(H,20,22)(H,21,24). The molecule has 0 aromatic heterocycles. The molecule has 2 rings (SSSR count). The third-order valence-electron chi connectivity index (χ3n) is 4.11. The highest BCUT2D eigenvalue weighted by atomic mass is 16.2. The highest BCUT2D eigenvalue weighted by Gasteiger charge is 2.21. The highest BCUT2D eigenvalue weighted by Crippen LogP contribution is 2.18. The van der Waals surface area contributed by atoms with Crippen molar-refractivity contribution in [3.8, 4) is 0 Å². The summed E-state index contributed by atoms with van der Waals surface area (Å²) in [6, 6.07) is 8.59. The second-order valence-electron chi connectivity index (χ2n) is 7.18. The van der Waals surface area contributed by atoms with Gasteiger partial charge in [0.25, 0.3) is 0 Å². The maximum atomic E-state index is 11.9. The average Bonchev–Trinajstić information content (AvgIpc) is 2.56. The number of aliphatic imine (C=N–C) groups is 1. The van der Waals surface area contributed by atoms with Gasteiger partial charge in [0.2, 0.25) is 5.91 Å². The largest absolute Gasteiger partial charge is 0.357 e. The summed E-state index contributed by atoms with van der Waals surface area (Å²) < 4.78 is 0. The lowest BCUT2D eigenvalue weighted by Gasteiger charge is -2.31. The summed E-state index contributed by atoms with van der Waals surface area (Å²) in [5.41, 5.74) is 2.45. The number of hydrogen-bond donors (Lipinski definition) is 2. The number of carbonyl (C=O) groups excluding carboxylic acids is 1. The van der Waals surface area contributed by atoms with Crippen molar-refractivity contribution in [1.29, 1.82) is 0 Å². The first-order valence-corrected chi connectivity index (χ1v) is 8.80. The molecular formula is C19H30N4O. The van der Waals surface area contributed by atoms with E-state index in [2.05, 4.69) is 51.7 Å². The van der Waals surface area contributed by atoms with Gasteiger partial charge in [-0.2, -0.15) is 0 Å². The van der Waals surface area contributed by atoms with Gasteiger partial charge >= 0.3 is 0 Å². The van der Waals surface area contributed by atoms with E-state index in [1.165, 1.54) is 11.1 Å². The summed E-state index contributed by atoms with van der Waals surface area (Å²) in [5.74, 6) is 0.992. The summed E-state index contributed by atoms with van der Waals surface area (Å²) in [7, 11) is 0. The predicted molar refractivity (Wildman–Crippen MR) is 99.0 cm³/mol. The number of carbonyl (C=O) groups is 1. The molecule has 1 heterocycles. The van der Waals surface area contributed by atoms with Gasteiger partial charge < -0.3 is 15.5 Å². The molecular weight excluding hydrogens is 300 g/mol. The van der Waals surface area contributed by atoms with Gasteiger partial charge in [0.15, 0.2) is 5.96 Å². The summed E-state index contributed by atoms with van der Waals surface area (Å²) in [5, 5.41) is 6.31. The van der Waals surface area contributed by atoms with Crippen LogP contribution in [0.2, 0.25) is 0 Å². The van der Waals surface area contributed by atoms with Crippen molar-refractivity contribution < 1.29 is 4.79 Å². The van der Waals surface area contributed by atoms with Gasteiger partial charge in [-0.25, -0.2) is 0 Å². The minimum absolute atomic E-state index is 0.0644. The second kappa shape index (κ2) is 8.18. The summed E-state index contributed by atoms with van der Waals surface area (Å²) in [6.45, 7) is 11.7. The molecule has 5 heteroatoms. The van der Waals surface area contributed by atoms with E-state index in [9.17, 15) is 4.79 Å². The molecule has 0 aliphatic carbocycles. The van der Waals surface area contributed by atoms with Crippen LogP contribution in [0.1, 0.15) is 38.8 Å². The van der Waals surface area contributed by atoms with E-state index in [0.717, 1.165) is 32.0 Å². The molecule has 0 bridgehead atoms. The molecule has 132 valence electrons. The first kappa shape index (κ1) is 18.3. The molecule has 0 saturated heterocycles. The van der Waals surface area contributed by atoms with E-state index in [-0.39, 0.29) is 11.3 Å². The molecule has 0 unspecified atom stereocenters. The smallest absolute Gasteiger partial charge is 0.225 e. The Labute approximate surface area is 145 Å². The van der Waals surface area contributed by atoms with Gasteiger partial charge in [-0.1, -0.05) is 45.0 Å². The Morgan fingerprint density at radius 3 is 2.58 bits per heavy atom. The Morgan fingerprint density at radius 1 is 1.21 bits per heavy atom. The Morgan fingerprint density at radius 2 is 1.92 bits per heavy atom. The van der Waals surface area contributed by atoms with Gasteiger partial charge in [-0.3, -0.25) is 9.79 Å². The molecule has 0 spiro atoms. The molecule has 0 atom stereocenters. The van der Waals surface area contributed by atoms with E-state index < -0.39 is 0 Å². The van der Waals surface area contributed by atoms with E-state index in [4.69, 9.17) is 0 Å². The lowest BCUT2D eigenvalue weighted by Crippen LogP contribution is -2.44. The maximum Gasteiger partial charge on any atom is 0.225 e. The van der Waals surface area contributed by atoms with Crippen LogP contribution in [0, 0.1) is 5.41 Å². The van der Waals surface area contributed by atoms with Gasteiger partial charge in [0.1, 0.15) is 0 Å². The topological polar surface area (TPSA) is 56.7 Å². The fourth-order valence-corrected chi connectivity index (χ4v) is 2.70. The molecule has 1 aromatic rings. The van der Waals surface area contributed by atoms with Gasteiger partial charge in [0.05, 0.1) is 6.54 Å². The average molecular weight is 330 g/mol. The molecule has 5 nitrogen and oxygen atoms in total. The molecule has 1 amide bonds. The van der Waals surface area contributed by atoms with Crippen LogP contribution in [0.3, 0.4) is 0 Å². The van der Waals surface area contributed by atoms with Crippen molar-refractivity contribution in [3.63, 3.8) is 0 Å². The number of fused-ring (bicyclic) bond motifs is 1. The lowest BCUT2D eigenvalue weighted by molar-refractivity contribution is -0.128. The van der Waals surface area contributed by atoms with E-state index in [1.807, 2.05) is 20.8 Å². The van der Waals surface area contributed by atoms with Crippen LogP contribution in [0.15, 0.2) is 29.3 Å². The highest BCUT2D eigenvalue weighted by molar-refractivity contribution is 5.81. The minimum atomic E-state index is -0.356. The van der Waals surface area contributed by atoms with E-state index in [0.29, 0.717) is 13.1 Å². The molecule has 0 radical (unpaired) electrons. The quantitative estimate of drug-likeness (QED) is 0.505. The first-order chi connectivity index (χ1) is 11.4. The van der Waals surface area contributed by atoms with Crippen molar-refractivity contribution in [2.45, 2.75) is 40.7 Å². The molecule has 2 N–H and O–H groups in total. The zero-order valence-electron chi connectivity index (χ0n) is 15.4. The molecule has 0 saturated carbocycles. The lowest BCUT2D eigenvalue weighted by atomic mass is 9.96. The first-order valence-electron chi connectivity index (χ1n) is 8.80. The zero-order valence-corrected chi connectivity index (χ0v) is 15.4. The van der Waals surface area contributed by atoms with Crippen molar-refractivity contribution in [2.24, 2.45) is 10.4 Å². The van der Waals surface area contributed by atoms with E-state index in [1.54, 1.807) is 0 Å². The Balaban J connectivity index is 1.93. The fourth-order valence-electron chi connectivity index (χ4n) is 2.70. The number of rotatable bonds is 4. The summed E-state index contributed by atoms with van der Waals surface area (Å²) in [4.78, 5) is 18.9. The second-order valence-corrected chi connectivity index (χ2v) is 7.18. The molecule has 24 heavy (non-hydrogen) atoms. The fraction of sp³-hybridized carbons (Fsp3) is 0.579. The third-order valence-corrected chi connectivity index (χ3v) is 4.11. The number of amides is 1. The van der Waals surface area contributed by atoms with Crippen LogP contribution in [0.5, 0.6) is 0 Å². The Hall–Kier alpha value is -2.04. The predicted octanol–water partition coefficient (Wildman–Crippen LogP) is 2.17. The molecule has 1 aliphatic heterocycles. The molecule has 1 aromatic carbocycles. The normalized spacial score (nSPS) is 15.0. The van der Waals surface area contributed by atoms with Gasteiger partial charge in [-0.05, 0) is 24.5 Å². The van der Waals surface area contributed by atoms with Crippen LogP contribution >= 0.6 is 0 Å². The molecule has 0 fully saturated rings. The maximum absolute atomic E-state index is 11.9. The van der Waals surface area contributed by atoms with Crippen LogP contribution in [-0.2, 0) is 17.8 Å². The summed E-state index contributed by atoms with van der Waals surface area (Å²) in [6.07, 6.45) is 1.04. The van der Waals surface area contributed by atoms with Crippen LogP contribution in [0.4, 0.5) is 0 Å². The third kappa shape index (κ3) is 4.98. The van der Waals surface area contributed by atoms with Crippen LogP contribution in [0.25, 0.3) is 0 Å². The van der Waals surface area contributed by atoms with Crippen molar-refractivity contribution >= 4 is 11.9 Å². The minimum Gasteiger partial charge on any atom is -0.357 e. The summed E-state index contributed by atoms with van der Waals surface area (Å²) >= 11 is 0. The van der Waals surface area contributed by atoms with Crippen molar-refractivity contribution in [2.75, 3.05) is 26.2 Å². The number of nitrogens with one attached hydrogen (secondary N) is 2. The van der Waals surface area contributed by atoms with Crippen LogP contribution < -0.4 is 10.6 Å². The van der Waals surface area contributed by atoms with Gasteiger partial charge in [-0.15, -0.1) is 0 Å². The van der Waals surface area contributed by atoms with Crippen molar-refractivity contribution in [3.05, 3.63) is 35.4 Å². The number of guanidine groups is 1. The monoisotopic (exact) mass is 330 g/mol. The number of nitrogens with zero attached hydrogens (tertiary/aromatic N) is 2. The Bertz CT molecular complexity index is 589. The number of benzene rings is 1. The number of hydrogen-bond acceptors (Lipinski definition) is 2. The Kier molecular flexibility index (Phi) is 6.23. The van der Waals surface area contributed by atoms with Crippen LogP contribution in [-0.4, -0.2) is 42.9 Å².